The summed E-state index contributed by atoms with van der Waals surface area (Å²) in [7, 11) is 0. The van der Waals surface area contributed by atoms with E-state index in [0.29, 0.717) is 47.0 Å². The van der Waals surface area contributed by atoms with Crippen LogP contribution in [0.1, 0.15) is 135 Å². The molecule has 4 aliphatic rings. The van der Waals surface area contributed by atoms with Crippen LogP contribution >= 0.6 is 0 Å². The van der Waals surface area contributed by atoms with Crippen molar-refractivity contribution in [2.75, 3.05) is 32.8 Å². The number of fused-ring (bicyclic) bond motifs is 5. The van der Waals surface area contributed by atoms with Crippen LogP contribution in [0.3, 0.4) is 0 Å². The number of cyclic esters (lactones) is 1. The Bertz CT molecular complexity index is 3540. The molecule has 8 rings (SSSR count). The van der Waals surface area contributed by atoms with E-state index in [4.69, 9.17) is 9.47 Å². The number of aryl methyl sites for hydroxylation is 1. The lowest BCUT2D eigenvalue weighted by molar-refractivity contribution is -0.172. The van der Waals surface area contributed by atoms with Gasteiger partial charge in [0, 0.05) is 93.7 Å². The highest BCUT2D eigenvalue weighted by molar-refractivity contribution is 6.13. The lowest BCUT2D eigenvalue weighted by atomic mass is 9.79. The van der Waals surface area contributed by atoms with Gasteiger partial charge in [0.05, 0.1) is 56.0 Å². The molecule has 87 heavy (non-hydrogen) atoms. The zero-order chi connectivity index (χ0) is 62.7. The molecule has 3 aliphatic heterocycles. The zero-order valence-corrected chi connectivity index (χ0v) is 48.4. The number of rotatable bonds is 32. The number of imide groups is 1. The quantitative estimate of drug-likeness (QED) is 0.0204. The molecule has 6 amide bonds. The Kier molecular flexibility index (Phi) is 21.0. The number of halogens is 1. The SMILES string of the molecule is CC[C@@]1(O)C(=O)OCc2c1cc1n(c2=O)Cc2c-1cc1cc(F)c(C)c3c1c2[C@@H](NC(=O)CCCC(=O)CNC(=O)[C@@H](CC(=O)CNC(=O)CCC(=O)[C@H](CC(=O)O)NC(=O)CCOCCCC(=O)CCN1C(=O)C=CC1=O)Cc1ccccc1)CC3. The molecule has 0 bridgehead atoms. The number of aromatic nitrogens is 1. The lowest BCUT2D eigenvalue weighted by Crippen LogP contribution is -2.44. The predicted molar refractivity (Wildman–Crippen MR) is 307 cm³/mol. The average molecular weight is 1200 g/mol. The minimum atomic E-state index is -2.04. The number of carbonyl (C=O) groups is 12. The Morgan fingerprint density at radius 1 is 0.782 bits per heavy atom. The Morgan fingerprint density at radius 2 is 1.51 bits per heavy atom. The number of aliphatic carboxylic acids is 1. The zero-order valence-electron chi connectivity index (χ0n) is 48.4. The molecule has 24 heteroatoms. The molecule has 0 saturated carbocycles. The van der Waals surface area contributed by atoms with E-state index in [9.17, 15) is 72.5 Å². The summed E-state index contributed by atoms with van der Waals surface area (Å²) < 4.78 is 27.7. The van der Waals surface area contributed by atoms with Crippen LogP contribution in [0.2, 0.25) is 0 Å². The van der Waals surface area contributed by atoms with Gasteiger partial charge in [-0.25, -0.2) is 9.18 Å². The van der Waals surface area contributed by atoms with Crippen molar-refractivity contribution in [3.63, 3.8) is 0 Å². The number of nitrogens with one attached hydrogen (secondary N) is 4. The van der Waals surface area contributed by atoms with E-state index in [-0.39, 0.29) is 119 Å². The van der Waals surface area contributed by atoms with Crippen molar-refractivity contribution in [2.45, 2.75) is 141 Å². The predicted octanol–water partition coefficient (Wildman–Crippen LogP) is 3.41. The van der Waals surface area contributed by atoms with Gasteiger partial charge in [0.25, 0.3) is 17.4 Å². The van der Waals surface area contributed by atoms with Crippen LogP contribution in [0.25, 0.3) is 22.0 Å². The van der Waals surface area contributed by atoms with E-state index in [1.54, 1.807) is 60.9 Å². The first kappa shape index (κ1) is 64.1. The Labute approximate surface area is 498 Å². The second kappa shape index (κ2) is 28.5. The van der Waals surface area contributed by atoms with E-state index in [2.05, 4.69) is 21.3 Å². The first-order valence-corrected chi connectivity index (χ1v) is 29.1. The average Bonchev–Trinajstić information content (AvgIpc) is 1.65. The Balaban J connectivity index is 0.780. The topological polar surface area (TPSA) is 337 Å². The first-order valence-electron chi connectivity index (χ1n) is 29.1. The van der Waals surface area contributed by atoms with Crippen LogP contribution < -0.4 is 26.8 Å². The fourth-order valence-corrected chi connectivity index (χ4v) is 11.6. The molecule has 0 unspecified atom stereocenters. The number of hydrogen-bond acceptors (Lipinski definition) is 16. The minimum Gasteiger partial charge on any atom is -0.481 e. The van der Waals surface area contributed by atoms with Crippen molar-refractivity contribution < 1.29 is 81.6 Å². The minimum absolute atomic E-state index is 0.0145. The number of esters is 1. The summed E-state index contributed by atoms with van der Waals surface area (Å²) in [5, 5.41) is 32.7. The van der Waals surface area contributed by atoms with Gasteiger partial charge in [-0.3, -0.25) is 62.4 Å². The maximum atomic E-state index is 15.5. The third kappa shape index (κ3) is 15.4. The van der Waals surface area contributed by atoms with Crippen LogP contribution in [0, 0.1) is 18.7 Å². The summed E-state index contributed by atoms with van der Waals surface area (Å²) >= 11 is 0. The maximum absolute atomic E-state index is 15.5. The molecule has 0 fully saturated rings. The standard InChI is InChI=1S/C63H69FN6O17/c1-3-63(85)46-29-50-43-27-37-28-47(64)35(2)42-14-15-48(59(58(37)42)44(43)33-70(50)61(83)45(46)34-87-62(63)84)67-53(76)13-7-11-40(72)31-66-60(82)38(25-36-9-5-4-6-10-36)26-41(73)32-65-52(75)17-16-51(74)49(30-57(80)81)68-54(77)21-24-86-23-8-12-39(71)20-22-69-55(78)18-19-56(69)79/h4-6,9-10,18-19,27-29,38,48-49,85H,3,7-8,11-17,20-26,30-34H2,1-2H3,(H,65,75)(H,66,82)(H,67,76)(H,68,77)(H,80,81)/t38-,48+,49+,63+/m1/s1. The second-order valence-electron chi connectivity index (χ2n) is 22.3. The van der Waals surface area contributed by atoms with Crippen LogP contribution in [-0.4, -0.2) is 129 Å². The first-order chi connectivity index (χ1) is 41.6. The molecule has 0 radical (unpaired) electrons. The lowest BCUT2D eigenvalue weighted by Gasteiger charge is -2.31. The number of pyridine rings is 1. The molecule has 3 aromatic carbocycles. The Hall–Kier alpha value is -8.90. The van der Waals surface area contributed by atoms with Crippen molar-refractivity contribution in [1.29, 1.82) is 0 Å². The van der Waals surface area contributed by atoms with Crippen LogP contribution in [0.15, 0.2) is 65.5 Å². The number of benzene rings is 3. The molecular formula is C63H69FN6O17. The van der Waals surface area contributed by atoms with Gasteiger partial charge in [0.1, 0.15) is 18.2 Å². The normalized spacial score (nSPS) is 16.9. The van der Waals surface area contributed by atoms with Crippen molar-refractivity contribution in [3.05, 3.63) is 116 Å². The van der Waals surface area contributed by atoms with E-state index in [1.165, 1.54) is 6.07 Å². The molecular weight excluding hydrogens is 1130 g/mol. The fraction of sp³-hybridized carbons (Fsp3) is 0.444. The molecule has 0 saturated heterocycles. The largest absolute Gasteiger partial charge is 0.481 e. The smallest absolute Gasteiger partial charge is 0.343 e. The summed E-state index contributed by atoms with van der Waals surface area (Å²) in [5.41, 5.74) is 2.34. The maximum Gasteiger partial charge on any atom is 0.343 e. The molecule has 4 atom stereocenters. The van der Waals surface area contributed by atoms with Gasteiger partial charge in [0.15, 0.2) is 23.0 Å². The van der Waals surface area contributed by atoms with Crippen LogP contribution in [0.5, 0.6) is 0 Å². The van der Waals surface area contributed by atoms with Gasteiger partial charge in [-0.15, -0.1) is 0 Å². The second-order valence-corrected chi connectivity index (χ2v) is 22.3. The van der Waals surface area contributed by atoms with Crippen molar-refractivity contribution >= 4 is 81.3 Å². The number of Topliss-reactive ketones (excluding diaryl/α,β-unsaturated/α-hetero) is 4. The molecule has 0 spiro atoms. The molecule has 1 aliphatic carbocycles. The monoisotopic (exact) mass is 1200 g/mol. The summed E-state index contributed by atoms with van der Waals surface area (Å²) in [4.78, 5) is 167. The number of amides is 6. The van der Waals surface area contributed by atoms with Crippen molar-refractivity contribution in [2.24, 2.45) is 5.92 Å². The highest BCUT2D eigenvalue weighted by atomic mass is 19.1. The molecule has 6 N–H and O–H groups in total. The van der Waals surface area contributed by atoms with Gasteiger partial charge >= 0.3 is 11.9 Å². The van der Waals surface area contributed by atoms with E-state index < -0.39 is 120 Å². The number of carboxylic acid groups (broad SMARTS) is 1. The molecule has 4 aromatic rings. The van der Waals surface area contributed by atoms with Gasteiger partial charge in [-0.05, 0) is 102 Å². The fourth-order valence-electron chi connectivity index (χ4n) is 11.6. The number of carboxylic acids is 1. The van der Waals surface area contributed by atoms with E-state index in [1.807, 2.05) is 0 Å². The third-order valence-corrected chi connectivity index (χ3v) is 16.3. The van der Waals surface area contributed by atoms with E-state index >= 15 is 4.39 Å². The number of carbonyl (C=O) groups excluding carboxylic acids is 11. The molecule has 23 nitrogen and oxygen atoms in total. The Morgan fingerprint density at radius 3 is 2.23 bits per heavy atom. The van der Waals surface area contributed by atoms with Gasteiger partial charge in [-0.2, -0.15) is 0 Å². The number of ether oxygens (including phenoxy) is 2. The number of nitrogens with zero attached hydrogens (tertiary/aromatic N) is 2. The summed E-state index contributed by atoms with van der Waals surface area (Å²) in [6.45, 7) is 2.16. The number of ketones is 4. The van der Waals surface area contributed by atoms with Crippen LogP contribution in [0.4, 0.5) is 4.39 Å². The highest BCUT2D eigenvalue weighted by Crippen LogP contribution is 2.47. The van der Waals surface area contributed by atoms with Gasteiger partial charge in [0.2, 0.25) is 23.6 Å². The number of hydrogen-bond donors (Lipinski definition) is 6. The van der Waals surface area contributed by atoms with Crippen molar-refractivity contribution in [1.82, 2.24) is 30.7 Å². The summed E-state index contributed by atoms with van der Waals surface area (Å²) in [6, 6.07) is 11.6. The number of aliphatic hydroxyl groups is 1. The molecule has 4 heterocycles. The molecule has 460 valence electrons. The summed E-state index contributed by atoms with van der Waals surface area (Å²) in [5.74, 6) is -8.87. The van der Waals surface area contributed by atoms with Crippen LogP contribution in [-0.2, 0) is 98.6 Å². The summed E-state index contributed by atoms with van der Waals surface area (Å²) in [6.07, 6.45) is 1.25. The van der Waals surface area contributed by atoms with Gasteiger partial charge in [-0.1, -0.05) is 37.3 Å². The molecule has 1 aromatic heterocycles. The van der Waals surface area contributed by atoms with Gasteiger partial charge < -0.3 is 45.5 Å². The van der Waals surface area contributed by atoms with Crippen molar-refractivity contribution in [3.8, 4) is 11.3 Å². The highest BCUT2D eigenvalue weighted by Gasteiger charge is 2.46. The van der Waals surface area contributed by atoms with E-state index in [0.717, 1.165) is 39.1 Å². The third-order valence-electron chi connectivity index (χ3n) is 16.3.